The average molecular weight is 331 g/mol. The molecule has 2 amide bonds. The van der Waals surface area contributed by atoms with Crippen molar-refractivity contribution >= 4 is 11.8 Å². The second-order valence-corrected chi connectivity index (χ2v) is 7.53. The molecule has 1 saturated heterocycles. The molecule has 1 aliphatic heterocycles. The van der Waals surface area contributed by atoms with Crippen molar-refractivity contribution in [3.8, 4) is 0 Å². The average Bonchev–Trinajstić information content (AvgIpc) is 2.70. The first-order chi connectivity index (χ1) is 11.3. The van der Waals surface area contributed by atoms with Crippen LogP contribution in [-0.2, 0) is 4.79 Å². The molecule has 5 nitrogen and oxygen atoms in total. The van der Waals surface area contributed by atoms with E-state index in [0.29, 0.717) is 13.1 Å². The van der Waals surface area contributed by atoms with Crippen molar-refractivity contribution in [3.05, 3.63) is 35.4 Å². The lowest BCUT2D eigenvalue weighted by atomic mass is 10.1. The van der Waals surface area contributed by atoms with Gasteiger partial charge < -0.3 is 10.2 Å². The quantitative estimate of drug-likeness (QED) is 0.922. The molecule has 24 heavy (non-hydrogen) atoms. The molecule has 0 saturated carbocycles. The first-order valence-corrected chi connectivity index (χ1v) is 8.64. The Balaban J connectivity index is 1.92. The highest BCUT2D eigenvalue weighted by molar-refractivity contribution is 5.95. The summed E-state index contributed by atoms with van der Waals surface area (Å²) in [5, 5.41) is 2.99. The maximum Gasteiger partial charge on any atom is 0.254 e. The molecule has 5 heteroatoms. The van der Waals surface area contributed by atoms with E-state index in [1.165, 1.54) is 0 Å². The molecule has 132 valence electrons. The molecule has 0 bridgehead atoms. The molecule has 0 aromatic heterocycles. The highest BCUT2D eigenvalue weighted by Gasteiger charge is 2.23. The van der Waals surface area contributed by atoms with Crippen molar-refractivity contribution in [2.24, 2.45) is 0 Å². The molecule has 1 aliphatic rings. The number of hydrogen-bond donors (Lipinski definition) is 1. The molecular formula is C19H29N3O2. The van der Waals surface area contributed by atoms with Gasteiger partial charge in [-0.25, -0.2) is 0 Å². The number of nitrogens with zero attached hydrogens (tertiary/aromatic N) is 2. The number of benzene rings is 1. The van der Waals surface area contributed by atoms with Gasteiger partial charge in [0, 0.05) is 37.3 Å². The van der Waals surface area contributed by atoms with Crippen LogP contribution in [0.5, 0.6) is 0 Å². The van der Waals surface area contributed by atoms with Crippen molar-refractivity contribution in [2.45, 2.75) is 39.7 Å². The van der Waals surface area contributed by atoms with E-state index in [2.05, 4.69) is 10.2 Å². The number of amides is 2. The summed E-state index contributed by atoms with van der Waals surface area (Å²) >= 11 is 0. The molecule has 0 spiro atoms. The van der Waals surface area contributed by atoms with Gasteiger partial charge in [-0.3, -0.25) is 14.5 Å². The molecule has 0 radical (unpaired) electrons. The van der Waals surface area contributed by atoms with Crippen LogP contribution in [0.4, 0.5) is 0 Å². The fraction of sp³-hybridized carbons (Fsp3) is 0.579. The molecule has 0 aliphatic carbocycles. The zero-order valence-corrected chi connectivity index (χ0v) is 15.3. The minimum Gasteiger partial charge on any atom is -0.350 e. The van der Waals surface area contributed by atoms with E-state index in [4.69, 9.17) is 0 Å². The molecule has 0 unspecified atom stereocenters. The third-order valence-corrected chi connectivity index (χ3v) is 4.13. The number of rotatable bonds is 3. The van der Waals surface area contributed by atoms with Gasteiger partial charge in [0.05, 0.1) is 6.54 Å². The van der Waals surface area contributed by atoms with Gasteiger partial charge in [0.1, 0.15) is 0 Å². The summed E-state index contributed by atoms with van der Waals surface area (Å²) in [6, 6.07) is 7.70. The number of nitrogens with one attached hydrogen (secondary N) is 1. The van der Waals surface area contributed by atoms with Gasteiger partial charge in [-0.15, -0.1) is 0 Å². The van der Waals surface area contributed by atoms with Crippen molar-refractivity contribution in [1.82, 2.24) is 15.1 Å². The lowest BCUT2D eigenvalue weighted by molar-refractivity contribution is -0.123. The van der Waals surface area contributed by atoms with E-state index in [0.717, 1.165) is 37.2 Å². The van der Waals surface area contributed by atoms with E-state index in [9.17, 15) is 9.59 Å². The van der Waals surface area contributed by atoms with E-state index < -0.39 is 0 Å². The predicted octanol–water partition coefficient (Wildman–Crippen LogP) is 2.06. The SMILES string of the molecule is Cc1ccccc1C(=O)N1CCCN(CC(=O)NC(C)(C)C)CC1. The zero-order valence-electron chi connectivity index (χ0n) is 15.3. The highest BCUT2D eigenvalue weighted by atomic mass is 16.2. The minimum atomic E-state index is -0.213. The normalized spacial score (nSPS) is 16.6. The largest absolute Gasteiger partial charge is 0.350 e. The maximum absolute atomic E-state index is 12.7. The Morgan fingerprint density at radius 2 is 1.79 bits per heavy atom. The standard InChI is InChI=1S/C19H29N3O2/c1-15-8-5-6-9-16(15)18(24)22-11-7-10-21(12-13-22)14-17(23)20-19(2,3)4/h5-6,8-9H,7,10-14H2,1-4H3,(H,20,23). The lowest BCUT2D eigenvalue weighted by Crippen LogP contribution is -2.46. The van der Waals surface area contributed by atoms with Crippen LogP contribution in [0.2, 0.25) is 0 Å². The highest BCUT2D eigenvalue weighted by Crippen LogP contribution is 2.13. The van der Waals surface area contributed by atoms with Crippen LogP contribution >= 0.6 is 0 Å². The Labute approximate surface area is 145 Å². The fourth-order valence-electron chi connectivity index (χ4n) is 2.98. The van der Waals surface area contributed by atoms with Crippen LogP contribution in [0.1, 0.15) is 43.1 Å². The number of carbonyl (C=O) groups excluding carboxylic acids is 2. The van der Waals surface area contributed by atoms with Crippen LogP contribution in [0.15, 0.2) is 24.3 Å². The summed E-state index contributed by atoms with van der Waals surface area (Å²) in [7, 11) is 0. The van der Waals surface area contributed by atoms with Crippen LogP contribution in [-0.4, -0.2) is 59.9 Å². The van der Waals surface area contributed by atoms with Crippen molar-refractivity contribution < 1.29 is 9.59 Å². The Kier molecular flexibility index (Phi) is 5.99. The van der Waals surface area contributed by atoms with Crippen LogP contribution < -0.4 is 5.32 Å². The summed E-state index contributed by atoms with van der Waals surface area (Å²) in [4.78, 5) is 28.8. The first-order valence-electron chi connectivity index (χ1n) is 8.64. The van der Waals surface area contributed by atoms with Crippen LogP contribution in [0.25, 0.3) is 0 Å². The summed E-state index contributed by atoms with van der Waals surface area (Å²) in [6.07, 6.45) is 0.889. The summed E-state index contributed by atoms with van der Waals surface area (Å²) in [5.41, 5.74) is 1.57. The van der Waals surface area contributed by atoms with Crippen molar-refractivity contribution in [2.75, 3.05) is 32.7 Å². The summed E-state index contributed by atoms with van der Waals surface area (Å²) in [5.74, 6) is 0.135. The molecule has 1 fully saturated rings. The Morgan fingerprint density at radius 1 is 1.08 bits per heavy atom. The van der Waals surface area contributed by atoms with Crippen molar-refractivity contribution in [3.63, 3.8) is 0 Å². The van der Waals surface area contributed by atoms with Gasteiger partial charge in [-0.05, 0) is 45.7 Å². The first kappa shape index (κ1) is 18.5. The Hall–Kier alpha value is -1.88. The molecule has 0 atom stereocenters. The number of carbonyl (C=O) groups is 2. The monoisotopic (exact) mass is 331 g/mol. The van der Waals surface area contributed by atoms with E-state index in [-0.39, 0.29) is 17.4 Å². The Morgan fingerprint density at radius 3 is 2.46 bits per heavy atom. The van der Waals surface area contributed by atoms with E-state index in [1.54, 1.807) is 0 Å². The maximum atomic E-state index is 12.7. The molecule has 2 rings (SSSR count). The molecule has 1 aromatic carbocycles. The smallest absolute Gasteiger partial charge is 0.254 e. The van der Waals surface area contributed by atoms with E-state index in [1.807, 2.05) is 56.9 Å². The summed E-state index contributed by atoms with van der Waals surface area (Å²) in [6.45, 7) is 11.3. The Bertz CT molecular complexity index is 593. The van der Waals surface area contributed by atoms with Gasteiger partial charge in [0.2, 0.25) is 5.91 Å². The van der Waals surface area contributed by atoms with Gasteiger partial charge >= 0.3 is 0 Å². The lowest BCUT2D eigenvalue weighted by Gasteiger charge is -2.25. The minimum absolute atomic E-state index is 0.0428. The van der Waals surface area contributed by atoms with Crippen LogP contribution in [0.3, 0.4) is 0 Å². The summed E-state index contributed by atoms with van der Waals surface area (Å²) < 4.78 is 0. The van der Waals surface area contributed by atoms with Crippen LogP contribution in [0, 0.1) is 6.92 Å². The number of hydrogen-bond acceptors (Lipinski definition) is 3. The van der Waals surface area contributed by atoms with Gasteiger partial charge in [0.25, 0.3) is 5.91 Å². The fourth-order valence-corrected chi connectivity index (χ4v) is 2.98. The van der Waals surface area contributed by atoms with Gasteiger partial charge in [-0.2, -0.15) is 0 Å². The molecule has 1 heterocycles. The topological polar surface area (TPSA) is 52.7 Å². The third-order valence-electron chi connectivity index (χ3n) is 4.13. The molecule has 1 aromatic rings. The van der Waals surface area contributed by atoms with Gasteiger partial charge in [-0.1, -0.05) is 18.2 Å². The second kappa shape index (κ2) is 7.79. The number of aryl methyl sites for hydroxylation is 1. The van der Waals surface area contributed by atoms with E-state index >= 15 is 0 Å². The molecular weight excluding hydrogens is 302 g/mol. The molecule has 1 N–H and O–H groups in total. The zero-order chi connectivity index (χ0) is 17.7. The predicted molar refractivity (Wildman–Crippen MR) is 96.0 cm³/mol. The third kappa shape index (κ3) is 5.34. The second-order valence-electron chi connectivity index (χ2n) is 7.53. The van der Waals surface area contributed by atoms with Gasteiger partial charge in [0.15, 0.2) is 0 Å². The van der Waals surface area contributed by atoms with Crippen molar-refractivity contribution in [1.29, 1.82) is 0 Å².